The summed E-state index contributed by atoms with van der Waals surface area (Å²) in [5.41, 5.74) is 8.50. The highest BCUT2D eigenvalue weighted by atomic mass is 79.9. The molecule has 1 atom stereocenters. The first-order valence-electron chi connectivity index (χ1n) is 6.36. The summed E-state index contributed by atoms with van der Waals surface area (Å²) in [5.74, 6) is 1.66. The molecule has 2 rings (SSSR count). The SMILES string of the molecule is COc1cccc(CC(N)c2cc(OC)ccc2Br)c1. The first-order chi connectivity index (χ1) is 9.63. The Labute approximate surface area is 127 Å². The van der Waals surface area contributed by atoms with Gasteiger partial charge in [-0.1, -0.05) is 28.1 Å². The van der Waals surface area contributed by atoms with Gasteiger partial charge in [0, 0.05) is 10.5 Å². The maximum atomic E-state index is 6.32. The fraction of sp³-hybridized carbons (Fsp3) is 0.250. The van der Waals surface area contributed by atoms with Crippen LogP contribution in [-0.2, 0) is 6.42 Å². The second kappa shape index (κ2) is 6.77. The Morgan fingerprint density at radius 3 is 2.45 bits per heavy atom. The Hall–Kier alpha value is -1.52. The molecule has 106 valence electrons. The molecule has 0 radical (unpaired) electrons. The number of halogens is 1. The summed E-state index contributed by atoms with van der Waals surface area (Å²) in [5, 5.41) is 0. The third-order valence-corrected chi connectivity index (χ3v) is 3.91. The van der Waals surface area contributed by atoms with E-state index in [0.29, 0.717) is 0 Å². The molecule has 0 aromatic heterocycles. The average Bonchev–Trinajstić information content (AvgIpc) is 2.47. The summed E-state index contributed by atoms with van der Waals surface area (Å²) in [7, 11) is 3.32. The zero-order valence-corrected chi connectivity index (χ0v) is 13.2. The van der Waals surface area contributed by atoms with Gasteiger partial charge in [-0.2, -0.15) is 0 Å². The molecule has 0 aliphatic carbocycles. The fourth-order valence-corrected chi connectivity index (χ4v) is 2.64. The van der Waals surface area contributed by atoms with E-state index in [0.717, 1.165) is 33.5 Å². The lowest BCUT2D eigenvalue weighted by Gasteiger charge is -2.15. The summed E-state index contributed by atoms with van der Waals surface area (Å²) in [6, 6.07) is 13.7. The van der Waals surface area contributed by atoms with Crippen molar-refractivity contribution in [2.24, 2.45) is 5.73 Å². The summed E-state index contributed by atoms with van der Waals surface area (Å²) in [6.45, 7) is 0. The van der Waals surface area contributed by atoms with Crippen molar-refractivity contribution in [2.75, 3.05) is 14.2 Å². The first-order valence-corrected chi connectivity index (χ1v) is 7.15. The van der Waals surface area contributed by atoms with E-state index in [-0.39, 0.29) is 6.04 Å². The van der Waals surface area contributed by atoms with Gasteiger partial charge >= 0.3 is 0 Å². The van der Waals surface area contributed by atoms with Crippen LogP contribution in [0.2, 0.25) is 0 Å². The molecule has 0 bridgehead atoms. The standard InChI is InChI=1S/C16H18BrNO2/c1-19-12-5-3-4-11(8-12)9-16(18)14-10-13(20-2)6-7-15(14)17/h3-8,10,16H,9,18H2,1-2H3. The molecular formula is C16H18BrNO2. The van der Waals surface area contributed by atoms with Gasteiger partial charge < -0.3 is 15.2 Å². The Morgan fingerprint density at radius 1 is 1.05 bits per heavy atom. The Kier molecular flexibility index (Phi) is 5.04. The summed E-state index contributed by atoms with van der Waals surface area (Å²) >= 11 is 3.54. The van der Waals surface area contributed by atoms with Crippen LogP contribution in [0.3, 0.4) is 0 Å². The maximum Gasteiger partial charge on any atom is 0.119 e. The highest BCUT2D eigenvalue weighted by Gasteiger charge is 2.12. The molecule has 3 nitrogen and oxygen atoms in total. The van der Waals surface area contributed by atoms with Gasteiger partial charge in [0.1, 0.15) is 11.5 Å². The number of hydrogen-bond acceptors (Lipinski definition) is 3. The van der Waals surface area contributed by atoms with Crippen molar-refractivity contribution in [2.45, 2.75) is 12.5 Å². The molecule has 0 aliphatic rings. The van der Waals surface area contributed by atoms with E-state index in [1.807, 2.05) is 36.4 Å². The minimum Gasteiger partial charge on any atom is -0.497 e. The van der Waals surface area contributed by atoms with Crippen molar-refractivity contribution in [3.8, 4) is 11.5 Å². The predicted molar refractivity (Wildman–Crippen MR) is 84.3 cm³/mol. The third kappa shape index (κ3) is 3.52. The van der Waals surface area contributed by atoms with Gasteiger partial charge in [0.2, 0.25) is 0 Å². The second-order valence-corrected chi connectivity index (χ2v) is 5.40. The van der Waals surface area contributed by atoms with Gasteiger partial charge in [0.05, 0.1) is 14.2 Å². The van der Waals surface area contributed by atoms with E-state index in [1.54, 1.807) is 14.2 Å². The number of methoxy groups -OCH3 is 2. The molecule has 0 amide bonds. The molecule has 20 heavy (non-hydrogen) atoms. The van der Waals surface area contributed by atoms with Crippen molar-refractivity contribution < 1.29 is 9.47 Å². The van der Waals surface area contributed by atoms with Crippen LogP contribution in [0.25, 0.3) is 0 Å². The number of hydrogen-bond donors (Lipinski definition) is 1. The Balaban J connectivity index is 2.20. The molecule has 2 aromatic rings. The van der Waals surface area contributed by atoms with Gasteiger partial charge in [0.15, 0.2) is 0 Å². The van der Waals surface area contributed by atoms with E-state index in [4.69, 9.17) is 15.2 Å². The van der Waals surface area contributed by atoms with Crippen LogP contribution >= 0.6 is 15.9 Å². The van der Waals surface area contributed by atoms with Crippen LogP contribution in [-0.4, -0.2) is 14.2 Å². The molecule has 0 spiro atoms. The minimum absolute atomic E-state index is 0.105. The summed E-state index contributed by atoms with van der Waals surface area (Å²) in [4.78, 5) is 0. The van der Waals surface area contributed by atoms with E-state index < -0.39 is 0 Å². The summed E-state index contributed by atoms with van der Waals surface area (Å²) in [6.07, 6.45) is 0.739. The van der Waals surface area contributed by atoms with E-state index >= 15 is 0 Å². The molecule has 4 heteroatoms. The number of benzene rings is 2. The molecule has 2 aromatic carbocycles. The Morgan fingerprint density at radius 2 is 1.75 bits per heavy atom. The van der Waals surface area contributed by atoms with E-state index in [9.17, 15) is 0 Å². The van der Waals surface area contributed by atoms with Crippen molar-refractivity contribution in [3.05, 3.63) is 58.1 Å². The molecule has 0 saturated heterocycles. The number of nitrogens with two attached hydrogens (primary N) is 1. The normalized spacial score (nSPS) is 12.0. The quantitative estimate of drug-likeness (QED) is 0.905. The van der Waals surface area contributed by atoms with E-state index in [1.165, 1.54) is 0 Å². The minimum atomic E-state index is -0.105. The smallest absolute Gasteiger partial charge is 0.119 e. The molecular weight excluding hydrogens is 318 g/mol. The Bertz CT molecular complexity index is 586. The lowest BCUT2D eigenvalue weighted by atomic mass is 9.99. The van der Waals surface area contributed by atoms with E-state index in [2.05, 4.69) is 22.0 Å². The van der Waals surface area contributed by atoms with Crippen LogP contribution < -0.4 is 15.2 Å². The van der Waals surface area contributed by atoms with Gasteiger partial charge in [0.25, 0.3) is 0 Å². The molecule has 1 unspecified atom stereocenters. The van der Waals surface area contributed by atoms with Crippen molar-refractivity contribution in [1.29, 1.82) is 0 Å². The van der Waals surface area contributed by atoms with Crippen LogP contribution in [0.5, 0.6) is 11.5 Å². The highest BCUT2D eigenvalue weighted by molar-refractivity contribution is 9.10. The lowest BCUT2D eigenvalue weighted by molar-refractivity contribution is 0.413. The third-order valence-electron chi connectivity index (χ3n) is 3.19. The van der Waals surface area contributed by atoms with Crippen LogP contribution in [0.4, 0.5) is 0 Å². The zero-order chi connectivity index (χ0) is 14.5. The topological polar surface area (TPSA) is 44.5 Å². The van der Waals surface area contributed by atoms with Gasteiger partial charge in [-0.15, -0.1) is 0 Å². The summed E-state index contributed by atoms with van der Waals surface area (Å²) < 4.78 is 11.5. The predicted octanol–water partition coefficient (Wildman–Crippen LogP) is 3.71. The number of rotatable bonds is 5. The fourth-order valence-electron chi connectivity index (χ4n) is 2.10. The second-order valence-electron chi connectivity index (χ2n) is 4.55. The van der Waals surface area contributed by atoms with Crippen LogP contribution in [0, 0.1) is 0 Å². The average molecular weight is 336 g/mol. The highest BCUT2D eigenvalue weighted by Crippen LogP contribution is 2.29. The first kappa shape index (κ1) is 14.9. The molecule has 0 heterocycles. The van der Waals surface area contributed by atoms with Crippen molar-refractivity contribution in [1.82, 2.24) is 0 Å². The molecule has 0 fully saturated rings. The molecule has 0 saturated carbocycles. The van der Waals surface area contributed by atoms with Crippen molar-refractivity contribution in [3.63, 3.8) is 0 Å². The molecule has 0 aliphatic heterocycles. The largest absolute Gasteiger partial charge is 0.497 e. The van der Waals surface area contributed by atoms with Crippen molar-refractivity contribution >= 4 is 15.9 Å². The van der Waals surface area contributed by atoms with Gasteiger partial charge in [-0.05, 0) is 47.9 Å². The van der Waals surface area contributed by atoms with Crippen LogP contribution in [0.1, 0.15) is 17.2 Å². The maximum absolute atomic E-state index is 6.32. The van der Waals surface area contributed by atoms with Gasteiger partial charge in [-0.3, -0.25) is 0 Å². The molecule has 2 N–H and O–H groups in total. The van der Waals surface area contributed by atoms with Crippen LogP contribution in [0.15, 0.2) is 46.9 Å². The van der Waals surface area contributed by atoms with Gasteiger partial charge in [-0.25, -0.2) is 0 Å². The zero-order valence-electron chi connectivity index (χ0n) is 11.6. The monoisotopic (exact) mass is 335 g/mol. The lowest BCUT2D eigenvalue weighted by Crippen LogP contribution is -2.14. The number of ether oxygens (including phenoxy) is 2.